The number of nitrogens with one attached hydrogen (secondary N) is 1. The van der Waals surface area contributed by atoms with Crippen LogP contribution in [0.4, 0.5) is 0 Å². The molecule has 3 aliphatic rings. The minimum Gasteiger partial charge on any atom is -0.378 e. The van der Waals surface area contributed by atoms with E-state index in [0.717, 1.165) is 11.8 Å². The van der Waals surface area contributed by atoms with Gasteiger partial charge < -0.3 is 19.4 Å². The Labute approximate surface area is 213 Å². The summed E-state index contributed by atoms with van der Waals surface area (Å²) in [7, 11) is -3.87. The van der Waals surface area contributed by atoms with E-state index in [1.165, 1.54) is 22.3 Å². The van der Waals surface area contributed by atoms with Crippen molar-refractivity contribution in [3.8, 4) is 0 Å². The molecule has 0 aliphatic carbocycles. The molecule has 1 aromatic rings. The highest BCUT2D eigenvalue weighted by atomic mass is 35.5. The van der Waals surface area contributed by atoms with Crippen molar-refractivity contribution in [1.29, 1.82) is 0 Å². The summed E-state index contributed by atoms with van der Waals surface area (Å²) in [4.78, 5) is 44.4. The van der Waals surface area contributed by atoms with E-state index in [4.69, 9.17) is 16.3 Å². The molecule has 2 atom stereocenters. The molecule has 35 heavy (non-hydrogen) atoms. The molecule has 3 amide bonds. The van der Waals surface area contributed by atoms with Crippen molar-refractivity contribution in [2.24, 2.45) is 0 Å². The topological polar surface area (TPSA) is 116 Å². The Kier molecular flexibility index (Phi) is 8.48. The molecule has 4 heterocycles. The number of ether oxygens (including phenoxy) is 1. The van der Waals surface area contributed by atoms with Crippen molar-refractivity contribution in [1.82, 2.24) is 19.4 Å². The SMILES string of the molecule is O=C1C(NS(=O)(=O)/C=C/c2ccc(Cl)s2)CCCN1CC(=O)N1CCCC1C(=O)N1CCOCC1. The zero-order valence-electron chi connectivity index (χ0n) is 19.2. The van der Waals surface area contributed by atoms with Gasteiger partial charge in [0.15, 0.2) is 0 Å². The normalized spacial score (nSPS) is 23.9. The van der Waals surface area contributed by atoms with Gasteiger partial charge in [0.1, 0.15) is 12.1 Å². The average Bonchev–Trinajstić information content (AvgIpc) is 3.49. The van der Waals surface area contributed by atoms with Crippen molar-refractivity contribution in [2.75, 3.05) is 45.9 Å². The van der Waals surface area contributed by atoms with Gasteiger partial charge in [-0.05, 0) is 43.9 Å². The highest BCUT2D eigenvalue weighted by molar-refractivity contribution is 7.92. The fourth-order valence-corrected chi connectivity index (χ4v) is 6.66. The van der Waals surface area contributed by atoms with E-state index < -0.39 is 28.0 Å². The van der Waals surface area contributed by atoms with Crippen LogP contribution in [0.3, 0.4) is 0 Å². The van der Waals surface area contributed by atoms with E-state index >= 15 is 0 Å². The Bertz CT molecular complexity index is 1090. The molecule has 3 saturated heterocycles. The number of piperidine rings is 1. The van der Waals surface area contributed by atoms with Crippen LogP contribution in [0.25, 0.3) is 6.08 Å². The molecule has 1 N–H and O–H groups in total. The van der Waals surface area contributed by atoms with Crippen LogP contribution in [0.1, 0.15) is 30.6 Å². The van der Waals surface area contributed by atoms with Crippen molar-refractivity contribution < 1.29 is 27.5 Å². The molecule has 10 nitrogen and oxygen atoms in total. The van der Waals surface area contributed by atoms with Gasteiger partial charge in [-0.15, -0.1) is 11.3 Å². The Morgan fingerprint density at radius 1 is 1.14 bits per heavy atom. The molecule has 4 rings (SSSR count). The molecule has 192 valence electrons. The molecule has 0 aromatic carbocycles. The van der Waals surface area contributed by atoms with Crippen LogP contribution in [0, 0.1) is 0 Å². The van der Waals surface area contributed by atoms with Gasteiger partial charge in [0.25, 0.3) is 0 Å². The Hall–Kier alpha value is -1.99. The van der Waals surface area contributed by atoms with Gasteiger partial charge in [-0.1, -0.05) is 11.6 Å². The number of likely N-dealkylation sites (tertiary alicyclic amines) is 2. The van der Waals surface area contributed by atoms with Gasteiger partial charge in [0.2, 0.25) is 27.7 Å². The summed E-state index contributed by atoms with van der Waals surface area (Å²) in [6.07, 6.45) is 3.66. The molecular formula is C22H29ClN4O6S2. The van der Waals surface area contributed by atoms with E-state index in [0.29, 0.717) is 67.9 Å². The lowest BCUT2D eigenvalue weighted by Crippen LogP contribution is -2.56. The minimum atomic E-state index is -3.87. The lowest BCUT2D eigenvalue weighted by atomic mass is 10.1. The van der Waals surface area contributed by atoms with E-state index in [9.17, 15) is 22.8 Å². The Morgan fingerprint density at radius 2 is 1.89 bits per heavy atom. The van der Waals surface area contributed by atoms with Gasteiger partial charge in [-0.3, -0.25) is 14.4 Å². The zero-order chi connectivity index (χ0) is 25.0. The van der Waals surface area contributed by atoms with Crippen LogP contribution in [0.2, 0.25) is 4.34 Å². The largest absolute Gasteiger partial charge is 0.378 e. The molecule has 2 unspecified atom stereocenters. The highest BCUT2D eigenvalue weighted by Gasteiger charge is 2.39. The van der Waals surface area contributed by atoms with Crippen LogP contribution in [0.15, 0.2) is 17.5 Å². The van der Waals surface area contributed by atoms with Gasteiger partial charge in [-0.25, -0.2) is 8.42 Å². The number of morpholine rings is 1. The van der Waals surface area contributed by atoms with Gasteiger partial charge in [-0.2, -0.15) is 4.72 Å². The molecule has 0 spiro atoms. The second-order valence-electron chi connectivity index (χ2n) is 8.74. The van der Waals surface area contributed by atoms with Gasteiger partial charge >= 0.3 is 0 Å². The van der Waals surface area contributed by atoms with E-state index in [2.05, 4.69) is 4.72 Å². The number of carbonyl (C=O) groups is 3. The first-order chi connectivity index (χ1) is 16.7. The summed E-state index contributed by atoms with van der Waals surface area (Å²) in [6.45, 7) is 2.66. The molecular weight excluding hydrogens is 516 g/mol. The first kappa shape index (κ1) is 26.1. The van der Waals surface area contributed by atoms with Crippen molar-refractivity contribution in [3.63, 3.8) is 0 Å². The van der Waals surface area contributed by atoms with E-state index in [-0.39, 0.29) is 18.4 Å². The maximum Gasteiger partial charge on any atom is 0.245 e. The average molecular weight is 545 g/mol. The molecule has 0 radical (unpaired) electrons. The fraction of sp³-hybridized carbons (Fsp3) is 0.591. The summed E-state index contributed by atoms with van der Waals surface area (Å²) < 4.78 is 33.3. The number of hydrogen-bond acceptors (Lipinski definition) is 7. The summed E-state index contributed by atoms with van der Waals surface area (Å²) in [5.41, 5.74) is 0. The Morgan fingerprint density at radius 3 is 2.60 bits per heavy atom. The van der Waals surface area contributed by atoms with Gasteiger partial charge in [0.05, 0.1) is 24.1 Å². The molecule has 13 heteroatoms. The first-order valence-electron chi connectivity index (χ1n) is 11.6. The summed E-state index contributed by atoms with van der Waals surface area (Å²) >= 11 is 7.11. The predicted molar refractivity (Wildman–Crippen MR) is 132 cm³/mol. The number of carbonyl (C=O) groups excluding carboxylic acids is 3. The third-order valence-electron chi connectivity index (χ3n) is 6.35. The van der Waals surface area contributed by atoms with E-state index in [1.807, 2.05) is 0 Å². The predicted octanol–water partition coefficient (Wildman–Crippen LogP) is 1.13. The monoisotopic (exact) mass is 544 g/mol. The second-order valence-corrected chi connectivity index (χ2v) is 12.1. The van der Waals surface area contributed by atoms with Crippen molar-refractivity contribution >= 4 is 56.8 Å². The maximum absolute atomic E-state index is 13.1. The Balaban J connectivity index is 1.35. The first-order valence-corrected chi connectivity index (χ1v) is 14.4. The summed E-state index contributed by atoms with van der Waals surface area (Å²) in [6, 6.07) is 1.91. The van der Waals surface area contributed by atoms with Crippen LogP contribution < -0.4 is 4.72 Å². The third kappa shape index (κ3) is 6.62. The van der Waals surface area contributed by atoms with Crippen molar-refractivity contribution in [3.05, 3.63) is 26.8 Å². The quantitative estimate of drug-likeness (QED) is 0.550. The lowest BCUT2D eigenvalue weighted by Gasteiger charge is -2.35. The fourth-order valence-electron chi connectivity index (χ4n) is 4.59. The van der Waals surface area contributed by atoms with E-state index in [1.54, 1.807) is 21.9 Å². The van der Waals surface area contributed by atoms with Crippen LogP contribution in [-0.4, -0.2) is 98.9 Å². The van der Waals surface area contributed by atoms with Crippen LogP contribution in [0.5, 0.6) is 0 Å². The van der Waals surface area contributed by atoms with Crippen LogP contribution in [-0.2, 0) is 29.1 Å². The zero-order valence-corrected chi connectivity index (χ0v) is 21.6. The van der Waals surface area contributed by atoms with Crippen molar-refractivity contribution in [2.45, 2.75) is 37.8 Å². The number of amides is 3. The molecule has 3 aliphatic heterocycles. The molecule has 0 bridgehead atoms. The molecule has 1 aromatic heterocycles. The summed E-state index contributed by atoms with van der Waals surface area (Å²) in [5, 5.41) is 1.01. The molecule has 0 saturated carbocycles. The number of hydrogen-bond donors (Lipinski definition) is 1. The molecule has 3 fully saturated rings. The number of nitrogens with zero attached hydrogens (tertiary/aromatic N) is 3. The summed E-state index contributed by atoms with van der Waals surface area (Å²) in [5.74, 6) is -0.801. The number of sulfonamides is 1. The smallest absolute Gasteiger partial charge is 0.245 e. The maximum atomic E-state index is 13.1. The minimum absolute atomic E-state index is 0.0754. The number of thiophene rings is 1. The standard InChI is InChI=1S/C22H29ClN4O6S2/c23-19-6-5-16(34-19)7-14-35(31,32)24-17-3-1-8-26(21(17)29)15-20(28)27-9-2-4-18(27)22(30)25-10-12-33-13-11-25/h5-7,14,17-18,24H,1-4,8-13,15H2/b14-7+. The van der Waals surface area contributed by atoms with Crippen LogP contribution >= 0.6 is 22.9 Å². The number of rotatable bonds is 7. The van der Waals surface area contributed by atoms with Gasteiger partial charge in [0, 0.05) is 36.5 Å². The third-order valence-corrected chi connectivity index (χ3v) is 8.65. The lowest BCUT2D eigenvalue weighted by molar-refractivity contribution is -0.149. The highest BCUT2D eigenvalue weighted by Crippen LogP contribution is 2.23. The second kappa shape index (κ2) is 11.4. The number of halogens is 1.